The number of hydrogen-bond acceptors (Lipinski definition) is 3. The molecule has 0 aromatic carbocycles. The highest BCUT2D eigenvalue weighted by atomic mass is 16.2. The molecule has 0 aliphatic carbocycles. The van der Waals surface area contributed by atoms with Gasteiger partial charge < -0.3 is 10.2 Å². The highest BCUT2D eigenvalue weighted by Gasteiger charge is 2.17. The van der Waals surface area contributed by atoms with Gasteiger partial charge in [-0.3, -0.25) is 9.59 Å². The Bertz CT molecular complexity index is 241. The third-order valence-electron chi connectivity index (χ3n) is 2.72. The van der Waals surface area contributed by atoms with Crippen molar-refractivity contribution in [2.45, 2.75) is 26.2 Å². The molecule has 1 aliphatic rings. The van der Waals surface area contributed by atoms with E-state index >= 15 is 0 Å². The fourth-order valence-electron chi connectivity index (χ4n) is 1.99. The molecule has 1 saturated heterocycles. The zero-order chi connectivity index (χ0) is 11.3. The van der Waals surface area contributed by atoms with Crippen molar-refractivity contribution < 1.29 is 9.59 Å². The molecular weight excluding hydrogens is 192 g/mol. The summed E-state index contributed by atoms with van der Waals surface area (Å²) in [5.74, 6) is 0.323. The Balaban J connectivity index is 2.18. The number of rotatable bonds is 4. The molecule has 1 fully saturated rings. The van der Waals surface area contributed by atoms with Gasteiger partial charge in [0, 0.05) is 13.1 Å². The van der Waals surface area contributed by atoms with Crippen molar-refractivity contribution in [2.24, 2.45) is 5.92 Å². The van der Waals surface area contributed by atoms with Gasteiger partial charge in [-0.2, -0.15) is 0 Å². The number of piperidine rings is 1. The van der Waals surface area contributed by atoms with Gasteiger partial charge in [-0.1, -0.05) is 0 Å². The third-order valence-corrected chi connectivity index (χ3v) is 2.72. The summed E-state index contributed by atoms with van der Waals surface area (Å²) in [6.07, 6.45) is 2.39. The number of carbonyl (C=O) groups excluding carboxylic acids is 2. The Kier molecular flexibility index (Phi) is 4.75. The average Bonchev–Trinajstić information content (AvgIpc) is 2.14. The number of nitrogens with zero attached hydrogens (tertiary/aromatic N) is 1. The van der Waals surface area contributed by atoms with Crippen LogP contribution in [0.1, 0.15) is 26.2 Å². The van der Waals surface area contributed by atoms with Crippen molar-refractivity contribution in [2.75, 3.05) is 26.7 Å². The number of amides is 1. The topological polar surface area (TPSA) is 49.4 Å². The summed E-state index contributed by atoms with van der Waals surface area (Å²) < 4.78 is 0. The monoisotopic (exact) mass is 212 g/mol. The highest BCUT2D eigenvalue weighted by molar-refractivity contribution is 5.96. The van der Waals surface area contributed by atoms with Crippen molar-refractivity contribution in [3.63, 3.8) is 0 Å². The van der Waals surface area contributed by atoms with Crippen LogP contribution in [0.15, 0.2) is 0 Å². The van der Waals surface area contributed by atoms with Crippen LogP contribution in [0.5, 0.6) is 0 Å². The van der Waals surface area contributed by atoms with Gasteiger partial charge >= 0.3 is 0 Å². The minimum absolute atomic E-state index is 0.0164. The van der Waals surface area contributed by atoms with E-state index in [0.29, 0.717) is 12.5 Å². The molecule has 0 saturated carbocycles. The van der Waals surface area contributed by atoms with E-state index in [1.807, 2.05) is 0 Å². The van der Waals surface area contributed by atoms with E-state index < -0.39 is 0 Å². The predicted molar refractivity (Wildman–Crippen MR) is 58.5 cm³/mol. The molecule has 0 bridgehead atoms. The molecule has 4 heteroatoms. The summed E-state index contributed by atoms with van der Waals surface area (Å²) >= 11 is 0. The van der Waals surface area contributed by atoms with Crippen LogP contribution in [0.2, 0.25) is 0 Å². The first-order valence-corrected chi connectivity index (χ1v) is 5.52. The lowest BCUT2D eigenvalue weighted by atomic mass is 9.98. The lowest BCUT2D eigenvalue weighted by Gasteiger charge is -2.29. The van der Waals surface area contributed by atoms with Crippen LogP contribution >= 0.6 is 0 Å². The van der Waals surface area contributed by atoms with Crippen LogP contribution in [-0.4, -0.2) is 43.3 Å². The maximum Gasteiger partial charge on any atom is 0.227 e. The molecule has 0 aromatic rings. The SMILES string of the molecule is CC(=O)CC(=O)NCC1CCCN(C)C1. The molecule has 1 N–H and O–H groups in total. The van der Waals surface area contributed by atoms with Gasteiger partial charge in [0.05, 0.1) is 6.42 Å². The number of hydrogen-bond donors (Lipinski definition) is 1. The first-order valence-electron chi connectivity index (χ1n) is 5.52. The Morgan fingerprint density at radius 3 is 2.80 bits per heavy atom. The Morgan fingerprint density at radius 2 is 2.20 bits per heavy atom. The minimum Gasteiger partial charge on any atom is -0.355 e. The summed E-state index contributed by atoms with van der Waals surface area (Å²) in [4.78, 5) is 24.2. The molecule has 1 rings (SSSR count). The lowest BCUT2D eigenvalue weighted by molar-refractivity contribution is -0.127. The summed E-state index contributed by atoms with van der Waals surface area (Å²) in [5.41, 5.74) is 0. The van der Waals surface area contributed by atoms with E-state index in [0.717, 1.165) is 13.1 Å². The molecule has 0 spiro atoms. The van der Waals surface area contributed by atoms with Crippen molar-refractivity contribution >= 4 is 11.7 Å². The molecule has 1 unspecified atom stereocenters. The van der Waals surface area contributed by atoms with Gasteiger partial charge in [0.2, 0.25) is 5.91 Å². The Labute approximate surface area is 91.0 Å². The summed E-state index contributed by atoms with van der Waals surface area (Å²) in [6.45, 7) is 4.34. The quantitative estimate of drug-likeness (QED) is 0.687. The van der Waals surface area contributed by atoms with Crippen molar-refractivity contribution in [3.05, 3.63) is 0 Å². The zero-order valence-corrected chi connectivity index (χ0v) is 9.58. The minimum atomic E-state index is -0.143. The highest BCUT2D eigenvalue weighted by Crippen LogP contribution is 2.13. The summed E-state index contributed by atoms with van der Waals surface area (Å²) in [5, 5.41) is 2.82. The molecule has 15 heavy (non-hydrogen) atoms. The second-order valence-corrected chi connectivity index (χ2v) is 4.45. The fourth-order valence-corrected chi connectivity index (χ4v) is 1.99. The molecule has 1 atom stereocenters. The molecule has 4 nitrogen and oxygen atoms in total. The standard InChI is InChI=1S/C11H20N2O2/c1-9(14)6-11(15)12-7-10-4-3-5-13(2)8-10/h10H,3-8H2,1-2H3,(H,12,15). The van der Waals surface area contributed by atoms with Gasteiger partial charge in [-0.15, -0.1) is 0 Å². The zero-order valence-electron chi connectivity index (χ0n) is 9.58. The van der Waals surface area contributed by atoms with Crippen molar-refractivity contribution in [1.29, 1.82) is 0 Å². The van der Waals surface area contributed by atoms with Crippen LogP contribution in [0.3, 0.4) is 0 Å². The van der Waals surface area contributed by atoms with Gasteiger partial charge in [0.1, 0.15) is 5.78 Å². The number of carbonyl (C=O) groups is 2. The summed E-state index contributed by atoms with van der Waals surface area (Å²) in [6, 6.07) is 0. The maximum absolute atomic E-state index is 11.2. The first-order chi connectivity index (χ1) is 7.08. The van der Waals surface area contributed by atoms with Crippen LogP contribution in [-0.2, 0) is 9.59 Å². The third kappa shape index (κ3) is 4.93. The first kappa shape index (κ1) is 12.2. The molecule has 0 aromatic heterocycles. The molecule has 86 valence electrons. The number of ketones is 1. The van der Waals surface area contributed by atoms with E-state index in [4.69, 9.17) is 0 Å². The van der Waals surface area contributed by atoms with Gasteiger partial charge in [-0.25, -0.2) is 0 Å². The second-order valence-electron chi connectivity index (χ2n) is 4.45. The lowest BCUT2D eigenvalue weighted by Crippen LogP contribution is -2.39. The fraction of sp³-hybridized carbons (Fsp3) is 0.818. The van der Waals surface area contributed by atoms with Crippen LogP contribution < -0.4 is 5.32 Å². The molecule has 1 amide bonds. The molecule has 0 radical (unpaired) electrons. The van der Waals surface area contributed by atoms with Gasteiger partial charge in [0.15, 0.2) is 0 Å². The smallest absolute Gasteiger partial charge is 0.227 e. The maximum atomic E-state index is 11.2. The van der Waals surface area contributed by atoms with E-state index in [-0.39, 0.29) is 18.1 Å². The van der Waals surface area contributed by atoms with Crippen molar-refractivity contribution in [3.8, 4) is 0 Å². The second kappa shape index (κ2) is 5.85. The van der Waals surface area contributed by atoms with Gasteiger partial charge in [0.25, 0.3) is 0 Å². The molecular formula is C11H20N2O2. The average molecular weight is 212 g/mol. The number of nitrogens with one attached hydrogen (secondary N) is 1. The van der Waals surface area contributed by atoms with E-state index in [1.54, 1.807) is 0 Å². The number of likely N-dealkylation sites (tertiary alicyclic amines) is 1. The van der Waals surface area contributed by atoms with Crippen molar-refractivity contribution in [1.82, 2.24) is 10.2 Å². The number of Topliss-reactive ketones (excluding diaryl/α,β-unsaturated/α-hetero) is 1. The van der Waals surface area contributed by atoms with E-state index in [2.05, 4.69) is 17.3 Å². The molecule has 1 aliphatic heterocycles. The van der Waals surface area contributed by atoms with Crippen LogP contribution in [0, 0.1) is 5.92 Å². The van der Waals surface area contributed by atoms with Crippen LogP contribution in [0.25, 0.3) is 0 Å². The van der Waals surface area contributed by atoms with E-state index in [1.165, 1.54) is 19.8 Å². The van der Waals surface area contributed by atoms with Gasteiger partial charge in [-0.05, 0) is 39.3 Å². The van der Waals surface area contributed by atoms with Crippen LogP contribution in [0.4, 0.5) is 0 Å². The van der Waals surface area contributed by atoms with E-state index in [9.17, 15) is 9.59 Å². The Morgan fingerprint density at radius 1 is 1.47 bits per heavy atom. The normalized spacial score (nSPS) is 22.4. The summed E-state index contributed by atoms with van der Waals surface area (Å²) in [7, 11) is 2.10. The molecule has 1 heterocycles. The Hall–Kier alpha value is -0.900. The predicted octanol–water partition coefficient (Wildman–Crippen LogP) is 0.424. The largest absolute Gasteiger partial charge is 0.355 e.